The zero-order chi connectivity index (χ0) is 21.2. The number of methoxy groups -OCH3 is 1. The first-order valence-electron chi connectivity index (χ1n) is 9.29. The molecule has 1 N–H and O–H groups in total. The number of hydrogen-bond donors (Lipinski definition) is 1. The Labute approximate surface area is 171 Å². The summed E-state index contributed by atoms with van der Waals surface area (Å²) in [6.45, 7) is 7.61. The summed E-state index contributed by atoms with van der Waals surface area (Å²) < 4.78 is 38.9. The highest BCUT2D eigenvalue weighted by Gasteiger charge is 2.22. The average Bonchev–Trinajstić information content (AvgIpc) is 3.15. The molecule has 1 aromatic heterocycles. The van der Waals surface area contributed by atoms with Gasteiger partial charge in [-0.25, -0.2) is 13.1 Å². The quantitative estimate of drug-likeness (QED) is 0.628. The van der Waals surface area contributed by atoms with Gasteiger partial charge in [-0.3, -0.25) is 0 Å². The molecule has 0 aliphatic carbocycles. The van der Waals surface area contributed by atoms with Gasteiger partial charge >= 0.3 is 0 Å². The normalized spacial score (nSPS) is 11.8. The topological polar surface area (TPSA) is 94.3 Å². The summed E-state index contributed by atoms with van der Waals surface area (Å²) in [5.74, 6) is 1.41. The Balaban J connectivity index is 1.80. The highest BCUT2D eigenvalue weighted by molar-refractivity contribution is 7.89. The van der Waals surface area contributed by atoms with Gasteiger partial charge in [0.15, 0.2) is 0 Å². The van der Waals surface area contributed by atoms with Crippen molar-refractivity contribution in [1.29, 1.82) is 0 Å². The van der Waals surface area contributed by atoms with E-state index >= 15 is 0 Å². The van der Waals surface area contributed by atoms with Gasteiger partial charge in [0, 0.05) is 5.56 Å². The van der Waals surface area contributed by atoms with Crippen molar-refractivity contribution in [2.45, 2.75) is 45.1 Å². The molecular weight excluding hydrogens is 390 g/mol. The number of ether oxygens (including phenoxy) is 1. The van der Waals surface area contributed by atoms with Crippen molar-refractivity contribution in [3.63, 3.8) is 0 Å². The van der Waals surface area contributed by atoms with Crippen molar-refractivity contribution < 1.29 is 17.7 Å². The smallest absolute Gasteiger partial charge is 0.242 e. The van der Waals surface area contributed by atoms with Crippen LogP contribution in [0.4, 0.5) is 0 Å². The van der Waals surface area contributed by atoms with Gasteiger partial charge in [0.25, 0.3) is 0 Å². The molecule has 154 valence electrons. The van der Waals surface area contributed by atoms with Crippen LogP contribution in [0.5, 0.6) is 5.75 Å². The van der Waals surface area contributed by atoms with Gasteiger partial charge in [0.2, 0.25) is 21.7 Å². The number of hydrogen-bond acceptors (Lipinski definition) is 6. The van der Waals surface area contributed by atoms with E-state index in [1.54, 1.807) is 26.2 Å². The van der Waals surface area contributed by atoms with Crippen LogP contribution in [0.1, 0.15) is 42.3 Å². The van der Waals surface area contributed by atoms with E-state index in [4.69, 9.17) is 9.26 Å². The number of benzene rings is 2. The highest BCUT2D eigenvalue weighted by atomic mass is 32.2. The third kappa shape index (κ3) is 4.65. The second-order valence-corrected chi connectivity index (χ2v) is 8.95. The van der Waals surface area contributed by atoms with Gasteiger partial charge in [0.1, 0.15) is 5.75 Å². The van der Waals surface area contributed by atoms with Crippen LogP contribution in [0, 0.1) is 13.8 Å². The van der Waals surface area contributed by atoms with Crippen molar-refractivity contribution in [1.82, 2.24) is 14.9 Å². The van der Waals surface area contributed by atoms with Crippen LogP contribution < -0.4 is 9.46 Å². The number of rotatable bonds is 7. The first-order chi connectivity index (χ1) is 13.7. The van der Waals surface area contributed by atoms with Crippen molar-refractivity contribution in [3.8, 4) is 17.1 Å². The Morgan fingerprint density at radius 3 is 2.45 bits per heavy atom. The van der Waals surface area contributed by atoms with Gasteiger partial charge in [-0.15, -0.1) is 0 Å². The molecule has 0 spiro atoms. The fourth-order valence-corrected chi connectivity index (χ4v) is 4.21. The first kappa shape index (κ1) is 21.0. The second kappa shape index (κ2) is 8.34. The zero-order valence-corrected chi connectivity index (χ0v) is 18.0. The molecular formula is C21H25N3O4S. The molecule has 29 heavy (non-hydrogen) atoms. The van der Waals surface area contributed by atoms with Crippen LogP contribution >= 0.6 is 0 Å². The Kier molecular flexibility index (Phi) is 6.04. The van der Waals surface area contributed by atoms with Gasteiger partial charge in [-0.2, -0.15) is 4.98 Å². The molecule has 0 aliphatic heterocycles. The maximum atomic E-state index is 12.9. The monoisotopic (exact) mass is 415 g/mol. The molecule has 0 amide bonds. The summed E-state index contributed by atoms with van der Waals surface area (Å²) in [4.78, 5) is 4.49. The Morgan fingerprint density at radius 1 is 1.14 bits per heavy atom. The Hall–Kier alpha value is -2.71. The molecule has 0 saturated carbocycles. The van der Waals surface area contributed by atoms with E-state index in [2.05, 4.69) is 14.9 Å². The molecule has 0 fully saturated rings. The maximum Gasteiger partial charge on any atom is 0.242 e. The summed E-state index contributed by atoms with van der Waals surface area (Å²) in [6, 6.07) is 11.1. The predicted octanol–water partition coefficient (Wildman–Crippen LogP) is 3.96. The molecule has 0 saturated heterocycles. The lowest BCUT2D eigenvalue weighted by atomic mass is 10.0. The fraction of sp³-hybridized carbons (Fsp3) is 0.333. The third-order valence-electron chi connectivity index (χ3n) is 4.63. The Bertz CT molecular complexity index is 1100. The van der Waals surface area contributed by atoms with Crippen molar-refractivity contribution in [3.05, 3.63) is 59.0 Å². The van der Waals surface area contributed by atoms with E-state index in [-0.39, 0.29) is 23.2 Å². The van der Waals surface area contributed by atoms with Crippen LogP contribution in [0.15, 0.2) is 45.8 Å². The van der Waals surface area contributed by atoms with Crippen molar-refractivity contribution in [2.24, 2.45) is 0 Å². The lowest BCUT2D eigenvalue weighted by molar-refractivity contribution is 0.376. The van der Waals surface area contributed by atoms with E-state index < -0.39 is 10.0 Å². The molecule has 0 radical (unpaired) electrons. The molecule has 8 heteroatoms. The molecule has 0 aliphatic rings. The molecule has 1 heterocycles. The summed E-state index contributed by atoms with van der Waals surface area (Å²) in [6.07, 6.45) is 0. The lowest BCUT2D eigenvalue weighted by Crippen LogP contribution is -2.24. The highest BCUT2D eigenvalue weighted by Crippen LogP contribution is 2.31. The van der Waals surface area contributed by atoms with Gasteiger partial charge in [0.05, 0.1) is 18.6 Å². The number of aryl methyl sites for hydroxylation is 2. The van der Waals surface area contributed by atoms with Crippen molar-refractivity contribution in [2.75, 3.05) is 7.11 Å². The minimum atomic E-state index is -3.76. The van der Waals surface area contributed by atoms with Crippen LogP contribution in [0.2, 0.25) is 0 Å². The summed E-state index contributed by atoms with van der Waals surface area (Å²) in [5.41, 5.74) is 3.37. The third-order valence-corrected chi connectivity index (χ3v) is 6.17. The molecule has 0 atom stereocenters. The van der Waals surface area contributed by atoms with Crippen molar-refractivity contribution >= 4 is 10.0 Å². The standard InChI is InChI=1S/C21H25N3O4S/c1-13(2)17-11-19(15(4)10-18(17)27-5)29(25,26)22-12-20-23-21(24-28-20)16-8-6-14(3)7-9-16/h6-11,13,22H,12H2,1-5H3. The number of aromatic nitrogens is 2. The first-order valence-corrected chi connectivity index (χ1v) is 10.8. The molecule has 2 aromatic carbocycles. The molecule has 7 nitrogen and oxygen atoms in total. The molecule has 0 bridgehead atoms. The minimum absolute atomic E-state index is 0.0936. The fourth-order valence-electron chi connectivity index (χ4n) is 2.98. The van der Waals surface area contributed by atoms with E-state index in [0.29, 0.717) is 17.1 Å². The minimum Gasteiger partial charge on any atom is -0.496 e. The molecule has 0 unspecified atom stereocenters. The van der Waals surface area contributed by atoms with E-state index in [0.717, 1.165) is 16.7 Å². The largest absolute Gasteiger partial charge is 0.496 e. The summed E-state index contributed by atoms with van der Waals surface area (Å²) in [5, 5.41) is 3.93. The lowest BCUT2D eigenvalue weighted by Gasteiger charge is -2.16. The van der Waals surface area contributed by atoms with Crippen LogP contribution in [-0.4, -0.2) is 25.7 Å². The Morgan fingerprint density at radius 2 is 1.83 bits per heavy atom. The number of nitrogens with one attached hydrogen (secondary N) is 1. The van der Waals surface area contributed by atoms with Gasteiger partial charge in [-0.1, -0.05) is 48.8 Å². The van der Waals surface area contributed by atoms with Crippen LogP contribution in [-0.2, 0) is 16.6 Å². The van der Waals surface area contributed by atoms with Gasteiger partial charge in [-0.05, 0) is 43.0 Å². The van der Waals surface area contributed by atoms with E-state index in [1.807, 2.05) is 45.0 Å². The zero-order valence-electron chi connectivity index (χ0n) is 17.2. The van der Waals surface area contributed by atoms with Crippen LogP contribution in [0.25, 0.3) is 11.4 Å². The van der Waals surface area contributed by atoms with Crippen LogP contribution in [0.3, 0.4) is 0 Å². The SMILES string of the molecule is COc1cc(C)c(S(=O)(=O)NCc2nc(-c3ccc(C)cc3)no2)cc1C(C)C. The van der Waals surface area contributed by atoms with Gasteiger partial charge < -0.3 is 9.26 Å². The number of nitrogens with zero attached hydrogens (tertiary/aromatic N) is 2. The van der Waals surface area contributed by atoms with E-state index in [9.17, 15) is 8.42 Å². The molecule has 3 aromatic rings. The predicted molar refractivity (Wildman–Crippen MR) is 110 cm³/mol. The second-order valence-electron chi connectivity index (χ2n) is 7.22. The average molecular weight is 416 g/mol. The van der Waals surface area contributed by atoms with E-state index in [1.165, 1.54) is 0 Å². The molecule has 3 rings (SSSR count). The summed E-state index contributed by atoms with van der Waals surface area (Å²) >= 11 is 0. The number of sulfonamides is 1. The summed E-state index contributed by atoms with van der Waals surface area (Å²) in [7, 11) is -2.19. The maximum absolute atomic E-state index is 12.9.